The lowest BCUT2D eigenvalue weighted by Crippen LogP contribution is -2.18. The summed E-state index contributed by atoms with van der Waals surface area (Å²) in [4.78, 5) is 11.6. The molecule has 1 fully saturated rings. The molecule has 0 heterocycles. The topological polar surface area (TPSA) is 41.1 Å². The second kappa shape index (κ2) is 12.4. The summed E-state index contributed by atoms with van der Waals surface area (Å²) in [7, 11) is 5.51. The van der Waals surface area contributed by atoms with Crippen molar-refractivity contribution < 1.29 is 4.79 Å². The van der Waals surface area contributed by atoms with Gasteiger partial charge in [0, 0.05) is 36.4 Å². The van der Waals surface area contributed by atoms with Crippen LogP contribution in [0.15, 0.2) is 0 Å². The molecular weight excluding hydrogens is 288 g/mol. The molecule has 1 aliphatic carbocycles. The molecule has 0 aromatic carbocycles. The van der Waals surface area contributed by atoms with E-state index >= 15 is 0 Å². The average molecular weight is 315 g/mol. The fourth-order valence-electron chi connectivity index (χ4n) is 2.09. The molecule has 5 heteroatoms. The summed E-state index contributed by atoms with van der Waals surface area (Å²) in [5.41, 5.74) is 0. The molecule has 0 spiro atoms. The van der Waals surface area contributed by atoms with E-state index in [-0.39, 0.29) is 5.91 Å². The predicted molar refractivity (Wildman–Crippen MR) is 90.6 cm³/mol. The van der Waals surface area contributed by atoms with Gasteiger partial charge in [0.15, 0.2) is 0 Å². The quantitative estimate of drug-likeness (QED) is 0.249. The minimum atomic E-state index is 0.0489. The van der Waals surface area contributed by atoms with Gasteiger partial charge in [0.1, 0.15) is 0 Å². The van der Waals surface area contributed by atoms with E-state index in [9.17, 15) is 4.79 Å². The summed E-state index contributed by atoms with van der Waals surface area (Å²) in [6.07, 6.45) is 8.19. The number of nitrogens with one attached hydrogen (secondary N) is 2. The molecule has 1 amide bonds. The van der Waals surface area contributed by atoms with Crippen LogP contribution in [-0.4, -0.2) is 31.0 Å². The Morgan fingerprint density at radius 3 is 2.55 bits per heavy atom. The van der Waals surface area contributed by atoms with E-state index in [4.69, 9.17) is 0 Å². The minimum absolute atomic E-state index is 0.0489. The van der Waals surface area contributed by atoms with Gasteiger partial charge in [-0.3, -0.25) is 10.1 Å². The molecule has 1 rings (SSSR count). The van der Waals surface area contributed by atoms with Gasteiger partial charge in [-0.05, 0) is 19.9 Å². The molecule has 20 heavy (non-hydrogen) atoms. The summed E-state index contributed by atoms with van der Waals surface area (Å²) in [5.74, 6) is 5.67. The Hall–Kier alpha value is -0.310. The van der Waals surface area contributed by atoms with Crippen molar-refractivity contribution in [2.24, 2.45) is 5.92 Å². The maximum atomic E-state index is 11.6. The largest absolute Gasteiger partial charge is 0.319 e. The lowest BCUT2D eigenvalue weighted by Gasteiger charge is -2.04. The van der Waals surface area contributed by atoms with Crippen molar-refractivity contribution in [2.75, 3.05) is 25.1 Å². The Bertz CT molecular complexity index is 318. The highest BCUT2D eigenvalue weighted by Crippen LogP contribution is 2.22. The number of hydrogen-bond acceptors (Lipinski definition) is 4. The Balaban J connectivity index is 2.04. The van der Waals surface area contributed by atoms with Crippen LogP contribution < -0.4 is 10.6 Å². The van der Waals surface area contributed by atoms with Crippen LogP contribution in [0.2, 0.25) is 0 Å². The fourth-order valence-corrected chi connectivity index (χ4v) is 4.09. The highest BCUT2D eigenvalue weighted by molar-refractivity contribution is 8.76. The average Bonchev–Trinajstić information content (AvgIpc) is 2.71. The van der Waals surface area contributed by atoms with Gasteiger partial charge in [-0.25, -0.2) is 0 Å². The fraction of sp³-hybridized carbons (Fsp3) is 0.800. The third-order valence-electron chi connectivity index (χ3n) is 3.26. The van der Waals surface area contributed by atoms with Crippen molar-refractivity contribution in [3.63, 3.8) is 0 Å². The highest BCUT2D eigenvalue weighted by atomic mass is 33.1. The standard InChI is InChI=1S/C15H26N2OS2/c1-16-11-13-20-19-12-9-15(18)17-10-8-14-6-4-2-3-5-7-14/h14,16H,2-7,9,11-13H2,1H3,(H,17,18). The third kappa shape index (κ3) is 9.57. The van der Waals surface area contributed by atoms with Gasteiger partial charge < -0.3 is 5.32 Å². The van der Waals surface area contributed by atoms with Crippen LogP contribution in [0.4, 0.5) is 0 Å². The number of carbonyl (C=O) groups excluding carboxylic acids is 1. The van der Waals surface area contributed by atoms with Crippen LogP contribution in [0, 0.1) is 17.9 Å². The molecule has 3 nitrogen and oxygen atoms in total. The molecule has 0 radical (unpaired) electrons. The van der Waals surface area contributed by atoms with Gasteiger partial charge in [-0.1, -0.05) is 53.2 Å². The molecular formula is C15H26N2OS2. The van der Waals surface area contributed by atoms with Gasteiger partial charge in [0.2, 0.25) is 5.91 Å². The van der Waals surface area contributed by atoms with Gasteiger partial charge >= 0.3 is 0 Å². The summed E-state index contributed by atoms with van der Waals surface area (Å²) >= 11 is 0. The number of amides is 1. The van der Waals surface area contributed by atoms with E-state index in [1.807, 2.05) is 7.05 Å². The SMILES string of the molecule is CNCCSSCCC(=O)NC#CC1CCCCCC1. The summed E-state index contributed by atoms with van der Waals surface area (Å²) in [6.45, 7) is 1.01. The molecule has 0 bridgehead atoms. The first-order chi connectivity index (χ1) is 9.83. The van der Waals surface area contributed by atoms with Crippen LogP contribution in [0.25, 0.3) is 0 Å². The Morgan fingerprint density at radius 2 is 1.85 bits per heavy atom. The molecule has 0 atom stereocenters. The molecule has 0 aromatic rings. The Morgan fingerprint density at radius 1 is 1.15 bits per heavy atom. The van der Waals surface area contributed by atoms with E-state index in [2.05, 4.69) is 22.6 Å². The molecule has 1 aliphatic rings. The first-order valence-electron chi connectivity index (χ1n) is 7.51. The van der Waals surface area contributed by atoms with Gasteiger partial charge in [0.25, 0.3) is 0 Å². The van der Waals surface area contributed by atoms with Crippen molar-refractivity contribution in [1.29, 1.82) is 0 Å². The number of carbonyl (C=O) groups is 1. The molecule has 114 valence electrons. The highest BCUT2D eigenvalue weighted by Gasteiger charge is 2.09. The zero-order valence-electron chi connectivity index (χ0n) is 12.4. The second-order valence-corrected chi connectivity index (χ2v) is 7.71. The smallest absolute Gasteiger partial charge is 0.232 e. The minimum Gasteiger partial charge on any atom is -0.319 e. The monoisotopic (exact) mass is 314 g/mol. The molecule has 1 saturated carbocycles. The van der Waals surface area contributed by atoms with Crippen molar-refractivity contribution >= 4 is 27.5 Å². The van der Waals surface area contributed by atoms with E-state index in [1.54, 1.807) is 21.6 Å². The Kier molecular flexibility index (Phi) is 11.0. The van der Waals surface area contributed by atoms with Crippen LogP contribution >= 0.6 is 21.6 Å². The summed E-state index contributed by atoms with van der Waals surface area (Å²) < 4.78 is 0. The molecule has 0 aromatic heterocycles. The van der Waals surface area contributed by atoms with E-state index in [0.29, 0.717) is 12.3 Å². The lowest BCUT2D eigenvalue weighted by atomic mass is 10.0. The first-order valence-corrected chi connectivity index (χ1v) is 10.00. The zero-order valence-corrected chi connectivity index (χ0v) is 14.0. The van der Waals surface area contributed by atoms with Crippen LogP contribution in [0.1, 0.15) is 44.9 Å². The van der Waals surface area contributed by atoms with E-state index in [1.165, 1.54) is 38.5 Å². The van der Waals surface area contributed by atoms with Crippen LogP contribution in [0.5, 0.6) is 0 Å². The third-order valence-corrected chi connectivity index (χ3v) is 5.67. The van der Waals surface area contributed by atoms with Crippen LogP contribution in [0.3, 0.4) is 0 Å². The predicted octanol–water partition coefficient (Wildman–Crippen LogP) is 3.02. The normalized spacial score (nSPS) is 16.1. The second-order valence-electron chi connectivity index (χ2n) is 5.00. The van der Waals surface area contributed by atoms with Gasteiger partial charge in [-0.2, -0.15) is 0 Å². The zero-order chi connectivity index (χ0) is 14.5. The maximum absolute atomic E-state index is 11.6. The number of rotatable bonds is 7. The number of hydrogen-bond donors (Lipinski definition) is 2. The van der Waals surface area contributed by atoms with Crippen molar-refractivity contribution in [2.45, 2.75) is 44.9 Å². The van der Waals surface area contributed by atoms with Gasteiger partial charge in [0.05, 0.1) is 0 Å². The molecule has 0 saturated heterocycles. The molecule has 0 unspecified atom stereocenters. The molecule has 2 N–H and O–H groups in total. The van der Waals surface area contributed by atoms with Crippen molar-refractivity contribution in [1.82, 2.24) is 10.6 Å². The van der Waals surface area contributed by atoms with Gasteiger partial charge in [-0.15, -0.1) is 0 Å². The Labute approximate surface area is 131 Å². The van der Waals surface area contributed by atoms with Crippen molar-refractivity contribution in [3.05, 3.63) is 0 Å². The van der Waals surface area contributed by atoms with E-state index in [0.717, 1.165) is 18.1 Å². The lowest BCUT2D eigenvalue weighted by molar-refractivity contribution is -0.119. The van der Waals surface area contributed by atoms with Crippen LogP contribution in [-0.2, 0) is 4.79 Å². The molecule has 0 aliphatic heterocycles. The summed E-state index contributed by atoms with van der Waals surface area (Å²) in [6, 6.07) is 2.87. The van der Waals surface area contributed by atoms with Crippen molar-refractivity contribution in [3.8, 4) is 12.0 Å². The maximum Gasteiger partial charge on any atom is 0.232 e. The first kappa shape index (κ1) is 17.7. The van der Waals surface area contributed by atoms with E-state index < -0.39 is 0 Å². The summed E-state index contributed by atoms with van der Waals surface area (Å²) in [5, 5.41) is 5.82.